The number of alkyl halides is 2. The number of amides is 1. The van der Waals surface area contributed by atoms with Crippen LogP contribution < -0.4 is 10.6 Å². The number of hydrogen-bond acceptors (Lipinski definition) is 3. The zero-order valence-electron chi connectivity index (χ0n) is 13.5. The minimum Gasteiger partial charge on any atom is -0.455 e. The summed E-state index contributed by atoms with van der Waals surface area (Å²) < 4.78 is 32.2. The predicted octanol–water partition coefficient (Wildman–Crippen LogP) is 5.20. The maximum Gasteiger partial charge on any atom is 0.263 e. The number of fused-ring (bicyclic) bond motifs is 1. The van der Waals surface area contributed by atoms with Crippen LogP contribution in [0.4, 0.5) is 14.5 Å². The third-order valence-corrected chi connectivity index (χ3v) is 4.58. The molecule has 4 nitrogen and oxygen atoms in total. The first-order chi connectivity index (χ1) is 12.0. The lowest BCUT2D eigenvalue weighted by Crippen LogP contribution is -2.18. The molecule has 0 saturated heterocycles. The second-order valence-corrected chi connectivity index (χ2v) is 6.24. The monoisotopic (exact) mass is 408 g/mol. The topological polar surface area (TPSA) is 54.3 Å². The average Bonchev–Trinajstić information content (AvgIpc) is 2.98. The van der Waals surface area contributed by atoms with Crippen LogP contribution in [0.25, 0.3) is 22.3 Å². The predicted molar refractivity (Wildman–Crippen MR) is 97.2 cm³/mol. The van der Waals surface area contributed by atoms with E-state index in [4.69, 9.17) is 4.42 Å². The summed E-state index contributed by atoms with van der Waals surface area (Å²) in [7, 11) is 3.31. The molecule has 2 N–H and O–H groups in total. The minimum atomic E-state index is -2.54. The fourth-order valence-electron chi connectivity index (χ4n) is 2.64. The second kappa shape index (κ2) is 6.84. The van der Waals surface area contributed by atoms with E-state index in [0.717, 1.165) is 10.2 Å². The molecular weight excluding hydrogens is 394 g/mol. The number of hydrogen-bond donors (Lipinski definition) is 2. The largest absolute Gasteiger partial charge is 0.455 e. The minimum absolute atomic E-state index is 0.0819. The molecule has 0 fully saturated rings. The van der Waals surface area contributed by atoms with E-state index in [-0.39, 0.29) is 11.5 Å². The van der Waals surface area contributed by atoms with Gasteiger partial charge in [0.25, 0.3) is 12.3 Å². The van der Waals surface area contributed by atoms with E-state index in [9.17, 15) is 13.6 Å². The van der Waals surface area contributed by atoms with Crippen molar-refractivity contribution in [1.82, 2.24) is 5.32 Å². The van der Waals surface area contributed by atoms with Crippen molar-refractivity contribution in [2.24, 2.45) is 0 Å². The number of anilines is 1. The summed E-state index contributed by atoms with van der Waals surface area (Å²) in [4.78, 5) is 12.4. The third kappa shape index (κ3) is 3.11. The summed E-state index contributed by atoms with van der Waals surface area (Å²) >= 11 is 3.45. The number of carbonyl (C=O) groups is 1. The van der Waals surface area contributed by atoms with Gasteiger partial charge in [0.15, 0.2) is 0 Å². The lowest BCUT2D eigenvalue weighted by atomic mass is 10.0. The van der Waals surface area contributed by atoms with Gasteiger partial charge in [0, 0.05) is 41.1 Å². The molecule has 0 atom stereocenters. The van der Waals surface area contributed by atoms with Crippen molar-refractivity contribution in [3.05, 3.63) is 52.0 Å². The Morgan fingerprint density at radius 3 is 2.40 bits per heavy atom. The van der Waals surface area contributed by atoms with Crippen molar-refractivity contribution in [2.75, 3.05) is 19.4 Å². The van der Waals surface area contributed by atoms with E-state index in [2.05, 4.69) is 26.6 Å². The van der Waals surface area contributed by atoms with Crippen LogP contribution >= 0.6 is 15.9 Å². The highest BCUT2D eigenvalue weighted by Gasteiger charge is 2.22. The molecule has 2 aromatic carbocycles. The Hall–Kier alpha value is -2.41. The molecule has 1 heterocycles. The first-order valence-electron chi connectivity index (χ1n) is 7.50. The second-order valence-electron chi connectivity index (χ2n) is 5.39. The summed E-state index contributed by atoms with van der Waals surface area (Å²) in [6.07, 6.45) is -2.54. The van der Waals surface area contributed by atoms with Crippen molar-refractivity contribution < 1.29 is 18.0 Å². The third-order valence-electron chi connectivity index (χ3n) is 3.93. The van der Waals surface area contributed by atoms with Gasteiger partial charge in [-0.2, -0.15) is 0 Å². The number of furan rings is 1. The first kappa shape index (κ1) is 17.4. The van der Waals surface area contributed by atoms with Gasteiger partial charge < -0.3 is 15.1 Å². The van der Waals surface area contributed by atoms with Crippen molar-refractivity contribution >= 4 is 38.5 Å². The van der Waals surface area contributed by atoms with Gasteiger partial charge in [-0.25, -0.2) is 8.78 Å². The Labute approximate surface area is 151 Å². The van der Waals surface area contributed by atoms with Crippen LogP contribution in [0.15, 0.2) is 45.3 Å². The number of halogens is 3. The highest BCUT2D eigenvalue weighted by Crippen LogP contribution is 2.38. The Morgan fingerprint density at radius 1 is 1.16 bits per heavy atom. The molecule has 0 saturated carbocycles. The summed E-state index contributed by atoms with van der Waals surface area (Å²) in [5.74, 6) is 0.0334. The molecule has 3 aromatic rings. The number of rotatable bonds is 4. The Morgan fingerprint density at radius 2 is 1.84 bits per heavy atom. The Balaban J connectivity index is 2.24. The van der Waals surface area contributed by atoms with Crippen LogP contribution in [0.5, 0.6) is 0 Å². The number of benzene rings is 2. The molecule has 0 aliphatic rings. The molecule has 3 rings (SSSR count). The molecule has 1 aromatic heterocycles. The van der Waals surface area contributed by atoms with Crippen molar-refractivity contribution in [1.29, 1.82) is 0 Å². The molecule has 25 heavy (non-hydrogen) atoms. The maximum absolute atomic E-state index is 12.8. The molecule has 0 unspecified atom stereocenters. The van der Waals surface area contributed by atoms with Crippen LogP contribution in [-0.4, -0.2) is 20.0 Å². The average molecular weight is 409 g/mol. The number of carbonyl (C=O) groups excluding carboxylic acids is 1. The normalized spacial score (nSPS) is 11.1. The van der Waals surface area contributed by atoms with Crippen LogP contribution in [0, 0.1) is 0 Å². The van der Waals surface area contributed by atoms with E-state index in [0.29, 0.717) is 27.9 Å². The standard InChI is InChI=1S/C18H15BrF2N2O2/c1-22-13-8-14-11(7-12(13)19)15(18(24)23-2)16(25-14)9-3-5-10(6-4-9)17(20)21/h3-8,17,22H,1-2H3,(H,23,24). The van der Waals surface area contributed by atoms with Crippen LogP contribution in [-0.2, 0) is 0 Å². The van der Waals surface area contributed by atoms with E-state index in [1.54, 1.807) is 19.2 Å². The fourth-order valence-corrected chi connectivity index (χ4v) is 3.18. The highest BCUT2D eigenvalue weighted by molar-refractivity contribution is 9.10. The van der Waals surface area contributed by atoms with E-state index in [1.807, 2.05) is 0 Å². The summed E-state index contributed by atoms with van der Waals surface area (Å²) in [5, 5.41) is 6.26. The molecule has 1 amide bonds. The van der Waals surface area contributed by atoms with E-state index < -0.39 is 6.43 Å². The quantitative estimate of drug-likeness (QED) is 0.623. The van der Waals surface area contributed by atoms with Crippen LogP contribution in [0.2, 0.25) is 0 Å². The molecule has 0 aliphatic heterocycles. The molecule has 0 spiro atoms. The Kier molecular flexibility index (Phi) is 4.76. The smallest absolute Gasteiger partial charge is 0.263 e. The van der Waals surface area contributed by atoms with Gasteiger partial charge in [0.05, 0.1) is 11.3 Å². The highest BCUT2D eigenvalue weighted by atomic mass is 79.9. The summed E-state index contributed by atoms with van der Waals surface area (Å²) in [6.45, 7) is 0. The zero-order chi connectivity index (χ0) is 18.1. The van der Waals surface area contributed by atoms with Gasteiger partial charge in [-0.1, -0.05) is 24.3 Å². The lowest BCUT2D eigenvalue weighted by molar-refractivity contribution is 0.0964. The Bertz CT molecular complexity index is 936. The van der Waals surface area contributed by atoms with E-state index >= 15 is 0 Å². The van der Waals surface area contributed by atoms with Crippen LogP contribution in [0.1, 0.15) is 22.3 Å². The van der Waals surface area contributed by atoms with Gasteiger partial charge in [-0.3, -0.25) is 4.79 Å². The fraction of sp³-hybridized carbons (Fsp3) is 0.167. The molecular formula is C18H15BrF2N2O2. The SMILES string of the molecule is CNC(=O)c1c(-c2ccc(C(F)F)cc2)oc2cc(NC)c(Br)cc12. The zero-order valence-corrected chi connectivity index (χ0v) is 15.1. The molecule has 0 radical (unpaired) electrons. The lowest BCUT2D eigenvalue weighted by Gasteiger charge is -2.05. The van der Waals surface area contributed by atoms with Crippen molar-refractivity contribution in [3.8, 4) is 11.3 Å². The molecule has 7 heteroatoms. The van der Waals surface area contributed by atoms with Gasteiger partial charge in [-0.15, -0.1) is 0 Å². The number of nitrogens with one attached hydrogen (secondary N) is 2. The molecule has 130 valence electrons. The van der Waals surface area contributed by atoms with Crippen molar-refractivity contribution in [3.63, 3.8) is 0 Å². The molecule has 0 bridgehead atoms. The summed E-state index contributed by atoms with van der Waals surface area (Å²) in [5.41, 5.74) is 2.18. The first-order valence-corrected chi connectivity index (χ1v) is 8.30. The molecule has 0 aliphatic carbocycles. The maximum atomic E-state index is 12.8. The van der Waals surface area contributed by atoms with Gasteiger partial charge in [0.2, 0.25) is 0 Å². The van der Waals surface area contributed by atoms with E-state index in [1.165, 1.54) is 31.3 Å². The summed E-state index contributed by atoms with van der Waals surface area (Å²) in [6, 6.07) is 9.29. The van der Waals surface area contributed by atoms with Gasteiger partial charge >= 0.3 is 0 Å². The van der Waals surface area contributed by atoms with Gasteiger partial charge in [-0.05, 0) is 22.0 Å². The van der Waals surface area contributed by atoms with Gasteiger partial charge in [0.1, 0.15) is 11.3 Å². The van der Waals surface area contributed by atoms with Crippen molar-refractivity contribution in [2.45, 2.75) is 6.43 Å². The van der Waals surface area contributed by atoms with Crippen LogP contribution in [0.3, 0.4) is 0 Å².